The number of thiazole rings is 1. The Labute approximate surface area is 98.8 Å². The maximum atomic E-state index is 4.32. The van der Waals surface area contributed by atoms with Crippen LogP contribution in [0.15, 0.2) is 24.0 Å². The summed E-state index contributed by atoms with van der Waals surface area (Å²) in [6.07, 6.45) is 6.20. The summed E-state index contributed by atoms with van der Waals surface area (Å²) in [7, 11) is 0. The molecule has 1 atom stereocenters. The highest BCUT2D eigenvalue weighted by Crippen LogP contribution is 2.23. The lowest BCUT2D eigenvalue weighted by Crippen LogP contribution is -2.11. The third kappa shape index (κ3) is 2.36. The molecule has 1 N–H and O–H groups in total. The first-order chi connectivity index (χ1) is 7.81. The van der Waals surface area contributed by atoms with Gasteiger partial charge in [-0.2, -0.15) is 0 Å². The Morgan fingerprint density at radius 2 is 2.06 bits per heavy atom. The molecule has 0 radical (unpaired) electrons. The van der Waals surface area contributed by atoms with E-state index in [2.05, 4.69) is 27.2 Å². The Hall–Kier alpha value is -1.49. The van der Waals surface area contributed by atoms with Gasteiger partial charge in [0.15, 0.2) is 0 Å². The number of aromatic nitrogens is 3. The minimum absolute atomic E-state index is 0.218. The zero-order chi connectivity index (χ0) is 11.4. The van der Waals surface area contributed by atoms with Crippen LogP contribution in [0.5, 0.6) is 0 Å². The SMILES string of the molecule is CCC(Nc1nccnc1C)c1nccs1. The first kappa shape index (κ1) is 11.0. The minimum Gasteiger partial charge on any atom is -0.359 e. The third-order valence-corrected chi connectivity index (χ3v) is 3.24. The molecule has 2 heterocycles. The van der Waals surface area contributed by atoms with Gasteiger partial charge in [-0.1, -0.05) is 6.92 Å². The molecule has 0 saturated heterocycles. The van der Waals surface area contributed by atoms with Gasteiger partial charge in [0.25, 0.3) is 0 Å². The minimum atomic E-state index is 0.218. The molecule has 2 aromatic rings. The smallest absolute Gasteiger partial charge is 0.147 e. The van der Waals surface area contributed by atoms with E-state index in [1.807, 2.05) is 18.5 Å². The fourth-order valence-corrected chi connectivity index (χ4v) is 2.23. The predicted molar refractivity (Wildman–Crippen MR) is 65.5 cm³/mol. The molecule has 1 unspecified atom stereocenters. The summed E-state index contributed by atoms with van der Waals surface area (Å²) in [5.74, 6) is 0.838. The van der Waals surface area contributed by atoms with E-state index in [9.17, 15) is 0 Å². The number of nitrogens with zero attached hydrogens (tertiary/aromatic N) is 3. The molecule has 0 saturated carbocycles. The highest BCUT2D eigenvalue weighted by Gasteiger charge is 2.13. The molecule has 5 heteroatoms. The Bertz CT molecular complexity index is 441. The van der Waals surface area contributed by atoms with Crippen LogP contribution in [-0.2, 0) is 0 Å². The first-order valence-corrected chi connectivity index (χ1v) is 6.12. The number of rotatable bonds is 4. The van der Waals surface area contributed by atoms with Crippen LogP contribution in [0.1, 0.15) is 30.1 Å². The molecule has 84 valence electrons. The van der Waals surface area contributed by atoms with Gasteiger partial charge in [0.2, 0.25) is 0 Å². The van der Waals surface area contributed by atoms with E-state index in [4.69, 9.17) is 0 Å². The van der Waals surface area contributed by atoms with Crippen LogP contribution >= 0.6 is 11.3 Å². The third-order valence-electron chi connectivity index (χ3n) is 2.35. The Kier molecular flexibility index (Phi) is 3.46. The van der Waals surface area contributed by atoms with Crippen molar-refractivity contribution < 1.29 is 0 Å². The Balaban J connectivity index is 2.17. The second-order valence-electron chi connectivity index (χ2n) is 3.47. The van der Waals surface area contributed by atoms with Crippen molar-refractivity contribution in [3.8, 4) is 0 Å². The van der Waals surface area contributed by atoms with Gasteiger partial charge in [0.1, 0.15) is 10.8 Å². The van der Waals surface area contributed by atoms with E-state index < -0.39 is 0 Å². The molecule has 0 spiro atoms. The molecule has 16 heavy (non-hydrogen) atoms. The molecule has 0 aromatic carbocycles. The molecule has 0 aliphatic heterocycles. The van der Waals surface area contributed by atoms with Gasteiger partial charge in [-0.25, -0.2) is 9.97 Å². The molecule has 0 amide bonds. The van der Waals surface area contributed by atoms with Gasteiger partial charge in [0, 0.05) is 24.0 Å². The van der Waals surface area contributed by atoms with E-state index >= 15 is 0 Å². The number of anilines is 1. The van der Waals surface area contributed by atoms with Crippen molar-refractivity contribution in [3.63, 3.8) is 0 Å². The summed E-state index contributed by atoms with van der Waals surface area (Å²) in [6, 6.07) is 0.218. The predicted octanol–water partition coefficient (Wildman–Crippen LogP) is 2.80. The van der Waals surface area contributed by atoms with Crippen LogP contribution in [0, 0.1) is 6.92 Å². The van der Waals surface area contributed by atoms with E-state index in [1.165, 1.54) is 0 Å². The maximum absolute atomic E-state index is 4.32. The Morgan fingerprint density at radius 3 is 2.69 bits per heavy atom. The second kappa shape index (κ2) is 5.03. The van der Waals surface area contributed by atoms with Crippen molar-refractivity contribution in [1.82, 2.24) is 15.0 Å². The molecule has 4 nitrogen and oxygen atoms in total. The molecule has 0 bridgehead atoms. The molecular weight excluding hydrogens is 220 g/mol. The van der Waals surface area contributed by atoms with Gasteiger partial charge in [-0.05, 0) is 13.3 Å². The first-order valence-electron chi connectivity index (χ1n) is 5.24. The molecule has 0 aliphatic rings. The van der Waals surface area contributed by atoms with E-state index in [-0.39, 0.29) is 6.04 Å². The topological polar surface area (TPSA) is 50.7 Å². The summed E-state index contributed by atoms with van der Waals surface area (Å²) >= 11 is 1.66. The van der Waals surface area contributed by atoms with Crippen molar-refractivity contribution >= 4 is 17.2 Å². The molecular formula is C11H14N4S. The summed E-state index contributed by atoms with van der Waals surface area (Å²) in [5.41, 5.74) is 0.914. The molecule has 2 aromatic heterocycles. The van der Waals surface area contributed by atoms with Crippen LogP contribution in [0.4, 0.5) is 5.82 Å². The number of aryl methyl sites for hydroxylation is 1. The standard InChI is InChI=1S/C11H14N4S/c1-3-9(11-14-6-7-16-11)15-10-8(2)12-4-5-13-10/h4-7,9H,3H2,1-2H3,(H,13,15). The number of nitrogens with one attached hydrogen (secondary N) is 1. The van der Waals surface area contributed by atoms with Crippen LogP contribution in [0.3, 0.4) is 0 Å². The fraction of sp³-hybridized carbons (Fsp3) is 0.364. The summed E-state index contributed by atoms with van der Waals surface area (Å²) in [5, 5.41) is 6.45. The van der Waals surface area contributed by atoms with E-state index in [0.717, 1.165) is 22.9 Å². The zero-order valence-electron chi connectivity index (χ0n) is 9.34. The number of hydrogen-bond acceptors (Lipinski definition) is 5. The average Bonchev–Trinajstić information content (AvgIpc) is 2.81. The van der Waals surface area contributed by atoms with Crippen LogP contribution in [0.25, 0.3) is 0 Å². The van der Waals surface area contributed by atoms with Gasteiger partial charge in [-0.3, -0.25) is 4.98 Å². The highest BCUT2D eigenvalue weighted by molar-refractivity contribution is 7.09. The van der Waals surface area contributed by atoms with Gasteiger partial charge < -0.3 is 5.32 Å². The van der Waals surface area contributed by atoms with Gasteiger partial charge >= 0.3 is 0 Å². The van der Waals surface area contributed by atoms with Crippen molar-refractivity contribution in [2.45, 2.75) is 26.3 Å². The lowest BCUT2D eigenvalue weighted by atomic mass is 10.2. The normalized spacial score (nSPS) is 12.4. The van der Waals surface area contributed by atoms with Crippen molar-refractivity contribution in [3.05, 3.63) is 34.7 Å². The molecule has 0 aliphatic carbocycles. The molecule has 2 rings (SSSR count). The summed E-state index contributed by atoms with van der Waals surface area (Å²) in [4.78, 5) is 12.8. The summed E-state index contributed by atoms with van der Waals surface area (Å²) < 4.78 is 0. The largest absolute Gasteiger partial charge is 0.359 e. The van der Waals surface area contributed by atoms with Gasteiger partial charge in [-0.15, -0.1) is 11.3 Å². The maximum Gasteiger partial charge on any atom is 0.147 e. The van der Waals surface area contributed by atoms with Crippen molar-refractivity contribution in [1.29, 1.82) is 0 Å². The second-order valence-corrected chi connectivity index (χ2v) is 4.39. The van der Waals surface area contributed by atoms with E-state index in [0.29, 0.717) is 0 Å². The van der Waals surface area contributed by atoms with E-state index in [1.54, 1.807) is 23.7 Å². The quantitative estimate of drug-likeness (QED) is 0.883. The van der Waals surface area contributed by atoms with Gasteiger partial charge in [0.05, 0.1) is 11.7 Å². The number of hydrogen-bond donors (Lipinski definition) is 1. The lowest BCUT2D eigenvalue weighted by molar-refractivity contribution is 0.734. The van der Waals surface area contributed by atoms with Crippen LogP contribution in [-0.4, -0.2) is 15.0 Å². The van der Waals surface area contributed by atoms with Crippen molar-refractivity contribution in [2.75, 3.05) is 5.32 Å². The van der Waals surface area contributed by atoms with Crippen LogP contribution < -0.4 is 5.32 Å². The summed E-state index contributed by atoms with van der Waals surface area (Å²) in [6.45, 7) is 4.08. The van der Waals surface area contributed by atoms with Crippen molar-refractivity contribution in [2.24, 2.45) is 0 Å². The fourth-order valence-electron chi connectivity index (χ4n) is 1.46. The Morgan fingerprint density at radius 1 is 1.25 bits per heavy atom. The average molecular weight is 234 g/mol. The molecule has 0 fully saturated rings. The zero-order valence-corrected chi connectivity index (χ0v) is 10.2. The lowest BCUT2D eigenvalue weighted by Gasteiger charge is -2.15. The van der Waals surface area contributed by atoms with Crippen LogP contribution in [0.2, 0.25) is 0 Å². The monoisotopic (exact) mass is 234 g/mol. The highest BCUT2D eigenvalue weighted by atomic mass is 32.1.